The zero-order valence-electron chi connectivity index (χ0n) is 16.0. The molecule has 1 aliphatic heterocycles. The van der Waals surface area contributed by atoms with Crippen LogP contribution < -0.4 is 0 Å². The molecule has 1 aliphatic carbocycles. The maximum atomic E-state index is 13.5. The van der Waals surface area contributed by atoms with E-state index in [1.54, 1.807) is 12.1 Å². The number of benzene rings is 2. The Kier molecular flexibility index (Phi) is 4.68. The highest BCUT2D eigenvalue weighted by molar-refractivity contribution is 7.89. The Labute approximate surface area is 178 Å². The number of hydrogen-bond donors (Lipinski definition) is 0. The minimum Gasteiger partial charge on any atom is -0.339 e. The van der Waals surface area contributed by atoms with Crippen LogP contribution in [0.2, 0.25) is 5.02 Å². The van der Waals surface area contributed by atoms with Crippen LogP contribution >= 0.6 is 11.6 Å². The first-order valence-electron chi connectivity index (χ1n) is 9.73. The van der Waals surface area contributed by atoms with Crippen LogP contribution in [0.5, 0.6) is 0 Å². The second kappa shape index (κ2) is 7.14. The maximum Gasteiger partial charge on any atom is 0.243 e. The fourth-order valence-corrected chi connectivity index (χ4v) is 5.98. The zero-order chi connectivity index (χ0) is 20.9. The van der Waals surface area contributed by atoms with Gasteiger partial charge >= 0.3 is 0 Å². The van der Waals surface area contributed by atoms with Gasteiger partial charge in [-0.2, -0.15) is 9.29 Å². The molecule has 0 bridgehead atoms. The molecule has 1 saturated carbocycles. The van der Waals surface area contributed by atoms with Crippen LogP contribution in [0, 0.1) is 11.2 Å². The quantitative estimate of drug-likeness (QED) is 0.589. The number of piperidine rings is 1. The molecule has 6 nitrogen and oxygen atoms in total. The average Bonchev–Trinajstić information content (AvgIpc) is 3.20. The fraction of sp³-hybridized carbons (Fsp3) is 0.333. The van der Waals surface area contributed by atoms with Crippen molar-refractivity contribution in [1.29, 1.82) is 0 Å². The highest BCUT2D eigenvalue weighted by atomic mass is 35.5. The van der Waals surface area contributed by atoms with Crippen LogP contribution in [0.3, 0.4) is 0 Å². The number of rotatable bonds is 4. The Hall–Kier alpha value is -2.29. The first-order chi connectivity index (χ1) is 14.4. The lowest BCUT2D eigenvalue weighted by atomic mass is 9.92. The van der Waals surface area contributed by atoms with Crippen LogP contribution in [0.15, 0.2) is 57.9 Å². The summed E-state index contributed by atoms with van der Waals surface area (Å²) in [5.74, 6) is 0.669. The topological polar surface area (TPSA) is 76.3 Å². The lowest BCUT2D eigenvalue weighted by molar-refractivity contribution is 0.242. The molecule has 2 heterocycles. The fourth-order valence-electron chi connectivity index (χ4n) is 4.32. The first kappa shape index (κ1) is 19.7. The van der Waals surface area contributed by atoms with E-state index in [1.807, 2.05) is 12.1 Å². The summed E-state index contributed by atoms with van der Waals surface area (Å²) < 4.78 is 46.1. The summed E-state index contributed by atoms with van der Waals surface area (Å²) in [5.41, 5.74) is 0.787. The molecule has 3 aromatic rings. The smallest absolute Gasteiger partial charge is 0.243 e. The van der Waals surface area contributed by atoms with Crippen molar-refractivity contribution in [2.24, 2.45) is 5.41 Å². The number of aromatic nitrogens is 2. The molecule has 1 saturated heterocycles. The molecule has 9 heteroatoms. The maximum absolute atomic E-state index is 13.5. The van der Waals surface area contributed by atoms with Crippen LogP contribution in [-0.4, -0.2) is 36.0 Å². The molecule has 5 rings (SSSR count). The van der Waals surface area contributed by atoms with Crippen molar-refractivity contribution in [3.8, 4) is 11.4 Å². The van der Waals surface area contributed by atoms with E-state index < -0.39 is 15.8 Å². The van der Waals surface area contributed by atoms with E-state index in [0.29, 0.717) is 42.7 Å². The van der Waals surface area contributed by atoms with E-state index in [0.717, 1.165) is 18.1 Å². The molecule has 1 spiro atoms. The molecule has 0 amide bonds. The molecular formula is C21H19ClFN3O3S. The van der Waals surface area contributed by atoms with E-state index in [4.69, 9.17) is 16.1 Å². The van der Waals surface area contributed by atoms with Crippen molar-refractivity contribution in [1.82, 2.24) is 14.4 Å². The molecule has 156 valence electrons. The summed E-state index contributed by atoms with van der Waals surface area (Å²) in [6, 6.07) is 12.4. The van der Waals surface area contributed by atoms with Gasteiger partial charge in [-0.15, -0.1) is 0 Å². The van der Waals surface area contributed by atoms with Crippen molar-refractivity contribution in [3.63, 3.8) is 0 Å². The summed E-state index contributed by atoms with van der Waals surface area (Å²) in [6.07, 6.45) is 2.32. The molecule has 0 unspecified atom stereocenters. The summed E-state index contributed by atoms with van der Waals surface area (Å²) in [4.78, 5) is 4.54. The molecule has 0 N–H and O–H groups in total. The Morgan fingerprint density at radius 1 is 1.13 bits per heavy atom. The molecule has 0 radical (unpaired) electrons. The lowest BCUT2D eigenvalue weighted by Crippen LogP contribution is -2.39. The third-order valence-corrected chi connectivity index (χ3v) is 8.29. The lowest BCUT2D eigenvalue weighted by Gasteiger charge is -2.31. The van der Waals surface area contributed by atoms with Crippen LogP contribution in [-0.2, 0) is 10.0 Å². The molecule has 2 aliphatic rings. The van der Waals surface area contributed by atoms with Gasteiger partial charge in [0, 0.05) is 29.6 Å². The van der Waals surface area contributed by atoms with Crippen LogP contribution in [0.4, 0.5) is 4.39 Å². The predicted octanol–water partition coefficient (Wildman–Crippen LogP) is 4.49. The van der Waals surface area contributed by atoms with Gasteiger partial charge in [0.25, 0.3) is 0 Å². The van der Waals surface area contributed by atoms with Crippen molar-refractivity contribution < 1.29 is 17.3 Å². The van der Waals surface area contributed by atoms with Crippen LogP contribution in [0.1, 0.15) is 31.1 Å². The Bertz CT molecular complexity index is 1210. The highest BCUT2D eigenvalue weighted by Crippen LogP contribution is 2.64. The number of nitrogens with zero attached hydrogens (tertiary/aromatic N) is 3. The highest BCUT2D eigenvalue weighted by Gasteiger charge is 2.59. The third kappa shape index (κ3) is 3.42. The standard InChI is InChI=1S/C21H19ClFN3O3S/c22-15-4-1-3-14(11-15)19-24-20(29-25-19)18-13-21(18)7-9-26(10-8-21)30(27,28)17-6-2-5-16(23)12-17/h1-6,11-12,18H,7-10,13H2/t18-/m1/s1. The summed E-state index contributed by atoms with van der Waals surface area (Å²) in [7, 11) is -3.70. The molecule has 2 fully saturated rings. The van der Waals surface area contributed by atoms with E-state index in [2.05, 4.69) is 10.1 Å². The van der Waals surface area contributed by atoms with Crippen LogP contribution in [0.25, 0.3) is 11.4 Å². The van der Waals surface area contributed by atoms with Gasteiger partial charge < -0.3 is 4.52 Å². The van der Waals surface area contributed by atoms with E-state index in [-0.39, 0.29) is 16.2 Å². The van der Waals surface area contributed by atoms with Gasteiger partial charge in [-0.3, -0.25) is 0 Å². The van der Waals surface area contributed by atoms with E-state index >= 15 is 0 Å². The second-order valence-corrected chi connectivity index (χ2v) is 10.3. The normalized spacial score (nSPS) is 21.1. The summed E-state index contributed by atoms with van der Waals surface area (Å²) in [6.45, 7) is 0.787. The van der Waals surface area contributed by atoms with Gasteiger partial charge in [-0.25, -0.2) is 12.8 Å². The minimum absolute atomic E-state index is 0.00568. The third-order valence-electron chi connectivity index (χ3n) is 6.16. The zero-order valence-corrected chi connectivity index (χ0v) is 17.5. The van der Waals surface area contributed by atoms with E-state index in [1.165, 1.54) is 22.5 Å². The van der Waals surface area contributed by atoms with Gasteiger partial charge in [0.05, 0.1) is 4.90 Å². The van der Waals surface area contributed by atoms with Gasteiger partial charge in [0.1, 0.15) is 5.82 Å². The van der Waals surface area contributed by atoms with Gasteiger partial charge in [0.2, 0.25) is 21.7 Å². The van der Waals surface area contributed by atoms with Crippen molar-refractivity contribution in [2.75, 3.05) is 13.1 Å². The van der Waals surface area contributed by atoms with Crippen molar-refractivity contribution in [2.45, 2.75) is 30.1 Å². The van der Waals surface area contributed by atoms with Gasteiger partial charge in [-0.05, 0) is 55.0 Å². The minimum atomic E-state index is -3.70. The number of halogens is 2. The van der Waals surface area contributed by atoms with E-state index in [9.17, 15) is 12.8 Å². The Morgan fingerprint density at radius 2 is 1.90 bits per heavy atom. The summed E-state index contributed by atoms with van der Waals surface area (Å²) >= 11 is 6.04. The largest absolute Gasteiger partial charge is 0.339 e. The molecule has 2 aromatic carbocycles. The molecule has 1 atom stereocenters. The first-order valence-corrected chi connectivity index (χ1v) is 11.5. The monoisotopic (exact) mass is 447 g/mol. The Balaban J connectivity index is 1.28. The SMILES string of the molecule is O=S(=O)(c1cccc(F)c1)N1CCC2(CC1)C[C@@H]2c1nc(-c2cccc(Cl)c2)no1. The van der Waals surface area contributed by atoms with Crippen molar-refractivity contribution >= 4 is 21.6 Å². The number of hydrogen-bond acceptors (Lipinski definition) is 5. The number of sulfonamides is 1. The summed E-state index contributed by atoms with van der Waals surface area (Å²) in [5, 5.41) is 4.69. The predicted molar refractivity (Wildman–Crippen MR) is 109 cm³/mol. The van der Waals surface area contributed by atoms with Gasteiger partial charge in [0.15, 0.2) is 0 Å². The average molecular weight is 448 g/mol. The second-order valence-electron chi connectivity index (χ2n) is 7.95. The molecule has 1 aromatic heterocycles. The van der Waals surface area contributed by atoms with Gasteiger partial charge in [-0.1, -0.05) is 35.0 Å². The Morgan fingerprint density at radius 3 is 2.63 bits per heavy atom. The molecule has 30 heavy (non-hydrogen) atoms. The van der Waals surface area contributed by atoms with Crippen molar-refractivity contribution in [3.05, 3.63) is 65.3 Å². The molecular weight excluding hydrogens is 429 g/mol.